The Morgan fingerprint density at radius 2 is 2.00 bits per heavy atom. The lowest BCUT2D eigenvalue weighted by Crippen LogP contribution is -2.47. The second-order valence-electron chi connectivity index (χ2n) is 6.99. The molecule has 9 heteroatoms. The van der Waals surface area contributed by atoms with Gasteiger partial charge in [-0.05, 0) is 36.6 Å². The molecule has 0 saturated carbocycles. The van der Waals surface area contributed by atoms with Crippen LogP contribution in [0.5, 0.6) is 0 Å². The molecule has 0 amide bonds. The zero-order valence-corrected chi connectivity index (χ0v) is 17.4. The molecule has 29 heavy (non-hydrogen) atoms. The van der Waals surface area contributed by atoms with Gasteiger partial charge in [0.25, 0.3) is 0 Å². The van der Waals surface area contributed by atoms with Crippen molar-refractivity contribution in [2.45, 2.75) is 13.0 Å². The van der Waals surface area contributed by atoms with Crippen molar-refractivity contribution in [1.29, 1.82) is 0 Å². The van der Waals surface area contributed by atoms with Gasteiger partial charge in [-0.1, -0.05) is 22.8 Å². The Morgan fingerprint density at radius 1 is 1.14 bits per heavy atom. The van der Waals surface area contributed by atoms with E-state index >= 15 is 0 Å². The van der Waals surface area contributed by atoms with Gasteiger partial charge >= 0.3 is 0 Å². The standard InChI is InChI=1S/C20H19ClN6OS/c1-13(20-24-18(25-28-20)17-3-2-10-29-17)26-6-8-27(9-7-26)19-15-5-4-14(21)11-16(15)22-12-23-19/h2-5,10-13H,6-9H2,1H3. The molecular weight excluding hydrogens is 408 g/mol. The normalized spacial score (nSPS) is 16.4. The Morgan fingerprint density at radius 3 is 2.79 bits per heavy atom. The summed E-state index contributed by atoms with van der Waals surface area (Å²) in [7, 11) is 0. The molecule has 0 bridgehead atoms. The molecule has 1 aliphatic rings. The highest BCUT2D eigenvalue weighted by molar-refractivity contribution is 7.13. The van der Waals surface area contributed by atoms with Crippen LogP contribution >= 0.6 is 22.9 Å². The van der Waals surface area contributed by atoms with Gasteiger partial charge < -0.3 is 9.42 Å². The molecular formula is C20H19ClN6OS. The minimum Gasteiger partial charge on any atom is -0.353 e. The molecule has 1 unspecified atom stereocenters. The van der Waals surface area contributed by atoms with Crippen LogP contribution in [0.1, 0.15) is 18.9 Å². The van der Waals surface area contributed by atoms with Crippen LogP contribution in [0.15, 0.2) is 46.6 Å². The van der Waals surface area contributed by atoms with E-state index in [-0.39, 0.29) is 6.04 Å². The first-order chi connectivity index (χ1) is 14.2. The molecule has 4 heterocycles. The van der Waals surface area contributed by atoms with Crippen LogP contribution in [-0.2, 0) is 0 Å². The van der Waals surface area contributed by atoms with Crippen LogP contribution in [0.2, 0.25) is 5.02 Å². The van der Waals surface area contributed by atoms with Gasteiger partial charge in [-0.15, -0.1) is 11.3 Å². The van der Waals surface area contributed by atoms with E-state index in [0.29, 0.717) is 16.7 Å². The minimum atomic E-state index is 0.0688. The van der Waals surface area contributed by atoms with Crippen LogP contribution < -0.4 is 4.90 Å². The molecule has 1 fully saturated rings. The van der Waals surface area contributed by atoms with Gasteiger partial charge in [-0.3, -0.25) is 4.90 Å². The minimum absolute atomic E-state index is 0.0688. The molecule has 1 aromatic carbocycles. The summed E-state index contributed by atoms with van der Waals surface area (Å²) in [6.45, 7) is 5.62. The van der Waals surface area contributed by atoms with Gasteiger partial charge in [0.2, 0.25) is 11.7 Å². The van der Waals surface area contributed by atoms with Gasteiger partial charge in [0, 0.05) is 36.6 Å². The molecule has 5 rings (SSSR count). The van der Waals surface area contributed by atoms with E-state index in [1.807, 2.05) is 35.7 Å². The summed E-state index contributed by atoms with van der Waals surface area (Å²) in [6, 6.07) is 9.81. The quantitative estimate of drug-likeness (QED) is 0.482. The second kappa shape index (κ2) is 7.70. The van der Waals surface area contributed by atoms with E-state index < -0.39 is 0 Å². The van der Waals surface area contributed by atoms with Crippen molar-refractivity contribution >= 4 is 39.7 Å². The van der Waals surface area contributed by atoms with Gasteiger partial charge in [0.1, 0.15) is 12.1 Å². The lowest BCUT2D eigenvalue weighted by Gasteiger charge is -2.37. The fraction of sp³-hybridized carbons (Fsp3) is 0.300. The third-order valence-corrected chi connectivity index (χ3v) is 6.38. The molecule has 1 aliphatic heterocycles. The number of halogens is 1. The Balaban J connectivity index is 1.29. The van der Waals surface area contributed by atoms with E-state index in [1.54, 1.807) is 17.7 Å². The predicted molar refractivity (Wildman–Crippen MR) is 114 cm³/mol. The summed E-state index contributed by atoms with van der Waals surface area (Å²) >= 11 is 7.71. The van der Waals surface area contributed by atoms with E-state index in [4.69, 9.17) is 16.1 Å². The average Bonchev–Trinajstić information content (AvgIpc) is 3.44. The van der Waals surface area contributed by atoms with Crippen molar-refractivity contribution in [3.8, 4) is 10.7 Å². The van der Waals surface area contributed by atoms with Crippen LogP contribution in [0.25, 0.3) is 21.6 Å². The van der Waals surface area contributed by atoms with Crippen molar-refractivity contribution < 1.29 is 4.52 Å². The Kier molecular flexibility index (Phi) is 4.91. The Bertz CT molecular complexity index is 1120. The Labute approximate surface area is 176 Å². The maximum absolute atomic E-state index is 6.10. The summed E-state index contributed by atoms with van der Waals surface area (Å²) in [5.41, 5.74) is 0.866. The van der Waals surface area contributed by atoms with Crippen LogP contribution in [0.4, 0.5) is 5.82 Å². The van der Waals surface area contributed by atoms with E-state index in [0.717, 1.165) is 47.8 Å². The third-order valence-electron chi connectivity index (χ3n) is 5.28. The molecule has 148 valence electrons. The number of nitrogens with zero attached hydrogens (tertiary/aromatic N) is 6. The summed E-state index contributed by atoms with van der Waals surface area (Å²) in [6.07, 6.45) is 1.60. The molecule has 0 radical (unpaired) electrons. The van der Waals surface area contributed by atoms with Gasteiger partial charge in [-0.2, -0.15) is 4.98 Å². The summed E-state index contributed by atoms with van der Waals surface area (Å²) in [5.74, 6) is 2.27. The molecule has 0 aliphatic carbocycles. The zero-order chi connectivity index (χ0) is 19.8. The average molecular weight is 427 g/mol. The molecule has 3 aromatic heterocycles. The van der Waals surface area contributed by atoms with Crippen molar-refractivity contribution in [3.63, 3.8) is 0 Å². The van der Waals surface area contributed by atoms with Crippen molar-refractivity contribution in [3.05, 3.63) is 53.0 Å². The fourth-order valence-electron chi connectivity index (χ4n) is 3.66. The smallest absolute Gasteiger partial charge is 0.244 e. The predicted octanol–water partition coefficient (Wildman–Crippen LogP) is 4.28. The largest absolute Gasteiger partial charge is 0.353 e. The van der Waals surface area contributed by atoms with Crippen molar-refractivity contribution in [2.24, 2.45) is 0 Å². The first kappa shape index (κ1) is 18.5. The van der Waals surface area contributed by atoms with E-state index in [9.17, 15) is 0 Å². The second-order valence-corrected chi connectivity index (χ2v) is 8.38. The van der Waals surface area contributed by atoms with Gasteiger partial charge in [0.15, 0.2) is 0 Å². The maximum atomic E-state index is 6.10. The topological polar surface area (TPSA) is 71.2 Å². The van der Waals surface area contributed by atoms with Gasteiger partial charge in [0.05, 0.1) is 16.4 Å². The number of rotatable bonds is 4. The molecule has 1 saturated heterocycles. The number of anilines is 1. The Hall–Kier alpha value is -2.55. The number of piperazine rings is 1. The molecule has 0 N–H and O–H groups in total. The van der Waals surface area contributed by atoms with Crippen LogP contribution in [-0.4, -0.2) is 51.2 Å². The summed E-state index contributed by atoms with van der Waals surface area (Å²) < 4.78 is 5.54. The first-order valence-electron chi connectivity index (χ1n) is 9.46. The highest BCUT2D eigenvalue weighted by Gasteiger charge is 2.27. The molecule has 1 atom stereocenters. The maximum Gasteiger partial charge on any atom is 0.244 e. The zero-order valence-electron chi connectivity index (χ0n) is 15.8. The highest BCUT2D eigenvalue weighted by atomic mass is 35.5. The monoisotopic (exact) mass is 426 g/mol. The van der Waals surface area contributed by atoms with Crippen molar-refractivity contribution in [1.82, 2.24) is 25.0 Å². The molecule has 4 aromatic rings. The lowest BCUT2D eigenvalue weighted by molar-refractivity contribution is 0.164. The van der Waals surface area contributed by atoms with E-state index in [1.165, 1.54) is 0 Å². The lowest BCUT2D eigenvalue weighted by atomic mass is 10.2. The number of thiophene rings is 1. The van der Waals surface area contributed by atoms with E-state index in [2.05, 4.69) is 36.8 Å². The number of fused-ring (bicyclic) bond motifs is 1. The third kappa shape index (κ3) is 3.59. The van der Waals surface area contributed by atoms with Crippen LogP contribution in [0, 0.1) is 0 Å². The molecule has 0 spiro atoms. The SMILES string of the molecule is CC(c1nc(-c2cccs2)no1)N1CCN(c2ncnc3cc(Cl)ccc23)CC1. The number of hydrogen-bond donors (Lipinski definition) is 0. The summed E-state index contributed by atoms with van der Waals surface area (Å²) in [4.78, 5) is 19.2. The number of hydrogen-bond acceptors (Lipinski definition) is 8. The van der Waals surface area contributed by atoms with Gasteiger partial charge in [-0.25, -0.2) is 9.97 Å². The molecule has 7 nitrogen and oxygen atoms in total. The highest BCUT2D eigenvalue weighted by Crippen LogP contribution is 2.29. The summed E-state index contributed by atoms with van der Waals surface area (Å²) in [5, 5.41) is 7.86. The van der Waals surface area contributed by atoms with Crippen molar-refractivity contribution in [2.75, 3.05) is 31.1 Å². The number of benzene rings is 1. The van der Waals surface area contributed by atoms with Crippen LogP contribution in [0.3, 0.4) is 0 Å². The first-order valence-corrected chi connectivity index (χ1v) is 10.7. The fourth-order valence-corrected chi connectivity index (χ4v) is 4.47. The number of aromatic nitrogens is 4.